The summed E-state index contributed by atoms with van der Waals surface area (Å²) in [6.07, 6.45) is 4.56. The molecule has 2 aliphatic rings. The molecule has 3 rings (SSSR count). The summed E-state index contributed by atoms with van der Waals surface area (Å²) in [6, 6.07) is 2.19. The Hall–Kier alpha value is -0.480. The first-order chi connectivity index (χ1) is 8.34. The number of nitrogens with zero attached hydrogens (tertiary/aromatic N) is 1. The molecule has 1 aromatic heterocycles. The molecule has 0 bridgehead atoms. The minimum Gasteiger partial charge on any atom is -0.337 e. The molecular formula is C13H17NOS2. The molecule has 1 amide bonds. The molecule has 0 aliphatic carbocycles. The summed E-state index contributed by atoms with van der Waals surface area (Å²) >= 11 is 3.69. The topological polar surface area (TPSA) is 20.3 Å². The van der Waals surface area contributed by atoms with Crippen LogP contribution in [-0.4, -0.2) is 28.4 Å². The SMILES string of the molecule is O=C([C@H]1CCCS1)N1CCCc2sccc2C1. The van der Waals surface area contributed by atoms with Crippen molar-refractivity contribution >= 4 is 29.0 Å². The van der Waals surface area contributed by atoms with Gasteiger partial charge in [-0.1, -0.05) is 0 Å². The van der Waals surface area contributed by atoms with Crippen molar-refractivity contribution in [2.24, 2.45) is 0 Å². The number of fused-ring (bicyclic) bond motifs is 1. The first-order valence-corrected chi connectivity index (χ1v) is 8.23. The summed E-state index contributed by atoms with van der Waals surface area (Å²) in [5.74, 6) is 1.54. The van der Waals surface area contributed by atoms with Gasteiger partial charge in [0.1, 0.15) is 0 Å². The Labute approximate surface area is 110 Å². The fraction of sp³-hybridized carbons (Fsp3) is 0.615. The Balaban J connectivity index is 1.73. The number of carbonyl (C=O) groups is 1. The molecule has 17 heavy (non-hydrogen) atoms. The van der Waals surface area contributed by atoms with Crippen molar-refractivity contribution < 1.29 is 4.79 Å². The van der Waals surface area contributed by atoms with Crippen molar-refractivity contribution in [3.8, 4) is 0 Å². The summed E-state index contributed by atoms with van der Waals surface area (Å²) in [4.78, 5) is 16.0. The van der Waals surface area contributed by atoms with E-state index in [1.54, 1.807) is 0 Å². The molecular weight excluding hydrogens is 250 g/mol. The van der Waals surface area contributed by atoms with E-state index in [0.29, 0.717) is 5.91 Å². The van der Waals surface area contributed by atoms with Crippen LogP contribution in [0.2, 0.25) is 0 Å². The Morgan fingerprint density at radius 3 is 3.18 bits per heavy atom. The molecule has 2 nitrogen and oxygen atoms in total. The third-order valence-corrected chi connectivity index (χ3v) is 5.93. The maximum atomic E-state index is 12.4. The molecule has 0 radical (unpaired) electrons. The van der Waals surface area contributed by atoms with Gasteiger partial charge in [-0.05, 0) is 48.4 Å². The zero-order valence-corrected chi connectivity index (χ0v) is 11.5. The minimum atomic E-state index is 0.246. The summed E-state index contributed by atoms with van der Waals surface area (Å²) < 4.78 is 0. The average Bonchev–Trinajstić information content (AvgIpc) is 2.96. The van der Waals surface area contributed by atoms with Gasteiger partial charge in [0.25, 0.3) is 0 Å². The number of thioether (sulfide) groups is 1. The Morgan fingerprint density at radius 2 is 2.35 bits per heavy atom. The van der Waals surface area contributed by atoms with Crippen LogP contribution in [0.15, 0.2) is 11.4 Å². The zero-order chi connectivity index (χ0) is 11.7. The highest BCUT2D eigenvalue weighted by Crippen LogP contribution is 2.30. The zero-order valence-electron chi connectivity index (χ0n) is 9.85. The molecule has 1 saturated heterocycles. The van der Waals surface area contributed by atoms with Gasteiger partial charge in [-0.15, -0.1) is 23.1 Å². The highest BCUT2D eigenvalue weighted by molar-refractivity contribution is 8.00. The van der Waals surface area contributed by atoms with Gasteiger partial charge in [-0.3, -0.25) is 4.79 Å². The van der Waals surface area contributed by atoms with Gasteiger partial charge in [-0.2, -0.15) is 0 Å². The minimum absolute atomic E-state index is 0.246. The number of hydrogen-bond acceptors (Lipinski definition) is 3. The van der Waals surface area contributed by atoms with Crippen molar-refractivity contribution in [1.82, 2.24) is 4.90 Å². The van der Waals surface area contributed by atoms with Crippen LogP contribution >= 0.6 is 23.1 Å². The predicted molar refractivity (Wildman–Crippen MR) is 73.5 cm³/mol. The highest BCUT2D eigenvalue weighted by atomic mass is 32.2. The lowest BCUT2D eigenvalue weighted by Gasteiger charge is -2.23. The van der Waals surface area contributed by atoms with Gasteiger partial charge in [0, 0.05) is 18.0 Å². The van der Waals surface area contributed by atoms with E-state index in [1.807, 2.05) is 23.1 Å². The highest BCUT2D eigenvalue weighted by Gasteiger charge is 2.29. The largest absolute Gasteiger partial charge is 0.337 e. The second-order valence-electron chi connectivity index (χ2n) is 4.73. The molecule has 1 atom stereocenters. The van der Waals surface area contributed by atoms with Gasteiger partial charge in [0.15, 0.2) is 0 Å². The molecule has 1 fully saturated rings. The number of hydrogen-bond donors (Lipinski definition) is 0. The van der Waals surface area contributed by atoms with Gasteiger partial charge >= 0.3 is 0 Å². The second-order valence-corrected chi connectivity index (χ2v) is 7.05. The molecule has 4 heteroatoms. The number of aryl methyl sites for hydroxylation is 1. The fourth-order valence-corrected chi connectivity index (χ4v) is 4.79. The lowest BCUT2D eigenvalue weighted by atomic mass is 10.2. The van der Waals surface area contributed by atoms with Gasteiger partial charge in [-0.25, -0.2) is 0 Å². The van der Waals surface area contributed by atoms with E-state index in [4.69, 9.17) is 0 Å². The molecule has 3 heterocycles. The Kier molecular flexibility index (Phi) is 3.43. The van der Waals surface area contributed by atoms with Crippen LogP contribution in [0, 0.1) is 0 Å². The van der Waals surface area contributed by atoms with E-state index in [2.05, 4.69) is 16.3 Å². The summed E-state index contributed by atoms with van der Waals surface area (Å²) in [7, 11) is 0. The van der Waals surface area contributed by atoms with Crippen LogP contribution in [0.3, 0.4) is 0 Å². The van der Waals surface area contributed by atoms with Crippen LogP contribution in [-0.2, 0) is 17.8 Å². The smallest absolute Gasteiger partial charge is 0.235 e. The Bertz CT molecular complexity index is 409. The number of thiophene rings is 1. The average molecular weight is 267 g/mol. The van der Waals surface area contributed by atoms with Crippen molar-refractivity contribution in [3.05, 3.63) is 21.9 Å². The fourth-order valence-electron chi connectivity index (χ4n) is 2.61. The number of carbonyl (C=O) groups excluding carboxylic acids is 1. The van der Waals surface area contributed by atoms with Crippen LogP contribution in [0.1, 0.15) is 29.7 Å². The van der Waals surface area contributed by atoms with Crippen molar-refractivity contribution in [3.63, 3.8) is 0 Å². The van der Waals surface area contributed by atoms with E-state index >= 15 is 0 Å². The lowest BCUT2D eigenvalue weighted by Crippen LogP contribution is -2.36. The molecule has 0 aromatic carbocycles. The van der Waals surface area contributed by atoms with Gasteiger partial charge in [0.05, 0.1) is 5.25 Å². The summed E-state index contributed by atoms with van der Waals surface area (Å²) in [5, 5.41) is 2.40. The van der Waals surface area contributed by atoms with Crippen LogP contribution < -0.4 is 0 Å². The molecule has 0 N–H and O–H groups in total. The van der Waals surface area contributed by atoms with Gasteiger partial charge < -0.3 is 4.90 Å². The maximum absolute atomic E-state index is 12.4. The second kappa shape index (κ2) is 5.02. The molecule has 0 spiro atoms. The number of rotatable bonds is 1. The third kappa shape index (κ3) is 2.38. The summed E-state index contributed by atoms with van der Waals surface area (Å²) in [6.45, 7) is 1.78. The number of amides is 1. The van der Waals surface area contributed by atoms with Crippen molar-refractivity contribution in [1.29, 1.82) is 0 Å². The first kappa shape index (κ1) is 11.6. The van der Waals surface area contributed by atoms with Crippen LogP contribution in [0.5, 0.6) is 0 Å². The molecule has 0 saturated carbocycles. The Morgan fingerprint density at radius 1 is 1.41 bits per heavy atom. The monoisotopic (exact) mass is 267 g/mol. The van der Waals surface area contributed by atoms with E-state index in [9.17, 15) is 4.79 Å². The summed E-state index contributed by atoms with van der Waals surface area (Å²) in [5.41, 5.74) is 1.38. The van der Waals surface area contributed by atoms with Crippen LogP contribution in [0.4, 0.5) is 0 Å². The van der Waals surface area contributed by atoms with Crippen molar-refractivity contribution in [2.75, 3.05) is 12.3 Å². The molecule has 92 valence electrons. The predicted octanol–water partition coefficient (Wildman–Crippen LogP) is 2.92. The van der Waals surface area contributed by atoms with Crippen LogP contribution in [0.25, 0.3) is 0 Å². The third-order valence-electron chi connectivity index (χ3n) is 3.55. The van der Waals surface area contributed by atoms with Gasteiger partial charge in [0.2, 0.25) is 5.91 Å². The van der Waals surface area contributed by atoms with Crippen molar-refractivity contribution in [2.45, 2.75) is 37.5 Å². The molecule has 1 aromatic rings. The standard InChI is InChI=1S/C13H17NOS2/c15-13(12-4-2-7-16-12)14-6-1-3-11-10(9-14)5-8-17-11/h5,8,12H,1-4,6-7,9H2/t12-/m1/s1. The quantitative estimate of drug-likeness (QED) is 0.780. The first-order valence-electron chi connectivity index (χ1n) is 6.30. The van der Waals surface area contributed by atoms with E-state index in [1.165, 1.54) is 16.9 Å². The van der Waals surface area contributed by atoms with E-state index in [0.717, 1.165) is 38.1 Å². The van der Waals surface area contributed by atoms with E-state index < -0.39 is 0 Å². The maximum Gasteiger partial charge on any atom is 0.235 e. The normalized spacial score (nSPS) is 24.5. The lowest BCUT2D eigenvalue weighted by molar-refractivity contribution is -0.131. The molecule has 0 unspecified atom stereocenters. The van der Waals surface area contributed by atoms with E-state index in [-0.39, 0.29) is 5.25 Å². The molecule has 2 aliphatic heterocycles.